The number of Topliss-reactive ketones (excluding diaryl/α,β-unsaturated/α-hetero) is 1. The number of hydrogen-bond acceptors (Lipinski definition) is 3. The molecule has 0 aromatic heterocycles. The number of rotatable bonds is 4. The van der Waals surface area contributed by atoms with E-state index in [1.165, 1.54) is 12.8 Å². The summed E-state index contributed by atoms with van der Waals surface area (Å²) in [5.74, 6) is 0.207. The minimum atomic E-state index is -0.0135. The molecule has 2 fully saturated rings. The molecule has 132 valence electrons. The van der Waals surface area contributed by atoms with Crippen molar-refractivity contribution in [3.05, 3.63) is 34.9 Å². The molecule has 2 aliphatic heterocycles. The molecule has 2 saturated heterocycles. The Morgan fingerprint density at radius 3 is 2.71 bits per heavy atom. The number of piperidine rings is 1. The van der Waals surface area contributed by atoms with E-state index in [0.717, 1.165) is 44.6 Å². The largest absolute Gasteiger partial charge is 0.376 e. The fourth-order valence-corrected chi connectivity index (χ4v) is 4.60. The van der Waals surface area contributed by atoms with Crippen molar-refractivity contribution in [1.29, 1.82) is 0 Å². The Morgan fingerprint density at radius 1 is 1.25 bits per heavy atom. The Kier molecular flexibility index (Phi) is 5.33. The summed E-state index contributed by atoms with van der Waals surface area (Å²) in [5.41, 5.74) is 1.13. The molecule has 4 heteroatoms. The Balaban J connectivity index is 1.56. The molecule has 0 N–H and O–H groups in total. The lowest BCUT2D eigenvalue weighted by Gasteiger charge is -2.50. The highest BCUT2D eigenvalue weighted by Crippen LogP contribution is 2.44. The number of ketones is 1. The number of nitrogens with zero attached hydrogens (tertiary/aromatic N) is 1. The average Bonchev–Trinajstić information content (AvgIpc) is 2.52. The molecule has 2 aliphatic rings. The maximum absolute atomic E-state index is 12.4. The average molecular weight is 350 g/mol. The van der Waals surface area contributed by atoms with E-state index in [1.807, 2.05) is 12.1 Å². The van der Waals surface area contributed by atoms with E-state index in [2.05, 4.69) is 18.7 Å². The van der Waals surface area contributed by atoms with Crippen LogP contribution in [0.5, 0.6) is 0 Å². The fourth-order valence-electron chi connectivity index (χ4n) is 4.48. The highest BCUT2D eigenvalue weighted by Gasteiger charge is 2.43. The quantitative estimate of drug-likeness (QED) is 0.745. The zero-order valence-corrected chi connectivity index (χ0v) is 15.6. The third-order valence-corrected chi connectivity index (χ3v) is 5.74. The minimum absolute atomic E-state index is 0.0135. The van der Waals surface area contributed by atoms with E-state index < -0.39 is 0 Å². The van der Waals surface area contributed by atoms with Crippen molar-refractivity contribution < 1.29 is 9.53 Å². The van der Waals surface area contributed by atoms with Gasteiger partial charge in [-0.2, -0.15) is 0 Å². The lowest BCUT2D eigenvalue weighted by Crippen LogP contribution is -2.50. The summed E-state index contributed by atoms with van der Waals surface area (Å²) in [5, 5.41) is 0.673. The van der Waals surface area contributed by atoms with Crippen molar-refractivity contribution >= 4 is 17.4 Å². The molecule has 1 unspecified atom stereocenters. The van der Waals surface area contributed by atoms with Gasteiger partial charge in [0.2, 0.25) is 0 Å². The number of hydrogen-bond donors (Lipinski definition) is 0. The van der Waals surface area contributed by atoms with Gasteiger partial charge in [0.15, 0.2) is 5.78 Å². The lowest BCUT2D eigenvalue weighted by molar-refractivity contribution is -0.122. The third-order valence-electron chi connectivity index (χ3n) is 5.49. The standard InChI is InChI=1S/C20H28ClNO2/c1-19(2)14-20(10-13-24-19)9-3-11-22(15-20)12-8-18(23)16-4-6-17(21)7-5-16/h4-7H,3,8-15H2,1-2H3. The van der Waals surface area contributed by atoms with Crippen LogP contribution in [0.15, 0.2) is 24.3 Å². The van der Waals surface area contributed by atoms with Crippen LogP contribution in [0.1, 0.15) is 56.3 Å². The van der Waals surface area contributed by atoms with Gasteiger partial charge < -0.3 is 9.64 Å². The predicted molar refractivity (Wildman–Crippen MR) is 97.8 cm³/mol. The molecule has 3 nitrogen and oxygen atoms in total. The van der Waals surface area contributed by atoms with Gasteiger partial charge in [0, 0.05) is 36.7 Å². The van der Waals surface area contributed by atoms with E-state index in [1.54, 1.807) is 12.1 Å². The Labute approximate surface area is 150 Å². The van der Waals surface area contributed by atoms with Gasteiger partial charge in [-0.15, -0.1) is 0 Å². The van der Waals surface area contributed by atoms with Gasteiger partial charge in [0.25, 0.3) is 0 Å². The van der Waals surface area contributed by atoms with E-state index in [0.29, 0.717) is 16.9 Å². The van der Waals surface area contributed by atoms with Crippen LogP contribution >= 0.6 is 11.6 Å². The summed E-state index contributed by atoms with van der Waals surface area (Å²) in [6.45, 7) is 8.34. The van der Waals surface area contributed by atoms with Crippen LogP contribution in [-0.2, 0) is 4.74 Å². The van der Waals surface area contributed by atoms with Crippen molar-refractivity contribution in [1.82, 2.24) is 4.90 Å². The van der Waals surface area contributed by atoms with Crippen LogP contribution in [0.25, 0.3) is 0 Å². The number of carbonyl (C=O) groups is 1. The number of halogens is 1. The molecule has 0 saturated carbocycles. The maximum atomic E-state index is 12.4. The van der Waals surface area contributed by atoms with Gasteiger partial charge in [-0.1, -0.05) is 11.6 Å². The van der Waals surface area contributed by atoms with Crippen molar-refractivity contribution in [3.8, 4) is 0 Å². The minimum Gasteiger partial charge on any atom is -0.376 e. The first-order valence-corrected chi connectivity index (χ1v) is 9.41. The monoisotopic (exact) mass is 349 g/mol. The van der Waals surface area contributed by atoms with Crippen molar-refractivity contribution in [2.45, 2.75) is 51.6 Å². The molecule has 1 aromatic carbocycles. The summed E-state index contributed by atoms with van der Waals surface area (Å²) in [7, 11) is 0. The molecule has 0 aliphatic carbocycles. The second-order valence-electron chi connectivity index (χ2n) is 8.09. The highest BCUT2D eigenvalue weighted by atomic mass is 35.5. The third kappa shape index (κ3) is 4.38. The van der Waals surface area contributed by atoms with Crippen LogP contribution in [0.3, 0.4) is 0 Å². The van der Waals surface area contributed by atoms with Crippen LogP contribution in [0.4, 0.5) is 0 Å². The zero-order chi connectivity index (χ0) is 17.2. The number of benzene rings is 1. The van der Waals surface area contributed by atoms with Gasteiger partial charge in [0.1, 0.15) is 0 Å². The molecule has 0 amide bonds. The molecule has 0 bridgehead atoms. The van der Waals surface area contributed by atoms with Crippen molar-refractivity contribution in [3.63, 3.8) is 0 Å². The molecule has 0 radical (unpaired) electrons. The van der Waals surface area contributed by atoms with Gasteiger partial charge in [0.05, 0.1) is 5.60 Å². The molecule has 2 heterocycles. The number of likely N-dealkylation sites (tertiary alicyclic amines) is 1. The Morgan fingerprint density at radius 2 is 2.00 bits per heavy atom. The molecular weight excluding hydrogens is 322 g/mol. The van der Waals surface area contributed by atoms with E-state index in [-0.39, 0.29) is 11.4 Å². The second-order valence-corrected chi connectivity index (χ2v) is 8.53. The topological polar surface area (TPSA) is 29.5 Å². The first-order valence-electron chi connectivity index (χ1n) is 9.03. The van der Waals surface area contributed by atoms with E-state index in [4.69, 9.17) is 16.3 Å². The molecule has 1 atom stereocenters. The first kappa shape index (κ1) is 17.9. The van der Waals surface area contributed by atoms with Crippen LogP contribution in [-0.4, -0.2) is 42.5 Å². The Bertz CT molecular complexity index is 580. The molecular formula is C20H28ClNO2. The van der Waals surface area contributed by atoms with Crippen molar-refractivity contribution in [2.75, 3.05) is 26.2 Å². The van der Waals surface area contributed by atoms with Gasteiger partial charge in [-0.25, -0.2) is 0 Å². The SMILES string of the molecule is CC1(C)CC2(CCCN(CCC(=O)c3ccc(Cl)cc3)C2)CCO1. The van der Waals surface area contributed by atoms with Crippen LogP contribution in [0, 0.1) is 5.41 Å². The predicted octanol–water partition coefficient (Wildman–Crippen LogP) is 4.58. The summed E-state index contributed by atoms with van der Waals surface area (Å²) in [4.78, 5) is 14.9. The molecule has 3 rings (SSSR count). The summed E-state index contributed by atoms with van der Waals surface area (Å²) in [6, 6.07) is 7.22. The van der Waals surface area contributed by atoms with Gasteiger partial charge >= 0.3 is 0 Å². The van der Waals surface area contributed by atoms with E-state index >= 15 is 0 Å². The number of carbonyl (C=O) groups excluding carboxylic acids is 1. The second kappa shape index (κ2) is 7.15. The zero-order valence-electron chi connectivity index (χ0n) is 14.8. The highest BCUT2D eigenvalue weighted by molar-refractivity contribution is 6.30. The fraction of sp³-hybridized carbons (Fsp3) is 0.650. The first-order chi connectivity index (χ1) is 11.4. The number of ether oxygens (including phenoxy) is 1. The molecule has 1 spiro atoms. The smallest absolute Gasteiger partial charge is 0.164 e. The maximum Gasteiger partial charge on any atom is 0.164 e. The normalized spacial score (nSPS) is 27.3. The molecule has 1 aromatic rings. The van der Waals surface area contributed by atoms with Crippen LogP contribution < -0.4 is 0 Å². The summed E-state index contributed by atoms with van der Waals surface area (Å²) < 4.78 is 5.91. The van der Waals surface area contributed by atoms with Crippen LogP contribution in [0.2, 0.25) is 5.02 Å². The van der Waals surface area contributed by atoms with Gasteiger partial charge in [-0.3, -0.25) is 4.79 Å². The van der Waals surface area contributed by atoms with E-state index in [9.17, 15) is 4.79 Å². The summed E-state index contributed by atoms with van der Waals surface area (Å²) >= 11 is 5.89. The van der Waals surface area contributed by atoms with Gasteiger partial charge in [-0.05, 0) is 75.8 Å². The Hall–Kier alpha value is -0.900. The molecule has 24 heavy (non-hydrogen) atoms. The van der Waals surface area contributed by atoms with Crippen molar-refractivity contribution in [2.24, 2.45) is 5.41 Å². The lowest BCUT2D eigenvalue weighted by atomic mass is 9.69. The summed E-state index contributed by atoms with van der Waals surface area (Å²) in [6.07, 6.45) is 5.38.